The predicted octanol–water partition coefficient (Wildman–Crippen LogP) is 3.53. The number of amidine groups is 1. The summed E-state index contributed by atoms with van der Waals surface area (Å²) in [6, 6.07) is 14.2. The Morgan fingerprint density at radius 3 is 2.85 bits per heavy atom. The van der Waals surface area contributed by atoms with E-state index in [1.54, 1.807) is 49.8 Å². The van der Waals surface area contributed by atoms with Crippen molar-refractivity contribution >= 4 is 44.2 Å². The molecule has 0 radical (unpaired) electrons. The average Bonchev–Trinajstić information content (AvgIpc) is 3.19. The predicted molar refractivity (Wildman–Crippen MR) is 130 cm³/mol. The SMILES string of the molecule is COc1ccc(NC(=O)c2ccc3c(c2)SC2=NS(=O)(=O)CCN23)cc1OCc1cccnc1. The summed E-state index contributed by atoms with van der Waals surface area (Å²) in [7, 11) is -1.88. The van der Waals surface area contributed by atoms with E-state index < -0.39 is 10.0 Å². The van der Waals surface area contributed by atoms with E-state index in [1.165, 1.54) is 11.8 Å². The van der Waals surface area contributed by atoms with Crippen molar-refractivity contribution in [2.75, 3.05) is 29.6 Å². The van der Waals surface area contributed by atoms with Gasteiger partial charge in [0.2, 0.25) is 0 Å². The number of methoxy groups -OCH3 is 1. The number of hydrogen-bond acceptors (Lipinski definition) is 8. The van der Waals surface area contributed by atoms with Gasteiger partial charge in [0, 0.05) is 46.7 Å². The summed E-state index contributed by atoms with van der Waals surface area (Å²) in [6.07, 6.45) is 3.41. The molecule has 5 rings (SSSR count). The van der Waals surface area contributed by atoms with E-state index in [1.807, 2.05) is 23.1 Å². The molecule has 11 heteroatoms. The molecule has 34 heavy (non-hydrogen) atoms. The van der Waals surface area contributed by atoms with Crippen molar-refractivity contribution in [2.24, 2.45) is 4.40 Å². The van der Waals surface area contributed by atoms with Crippen LogP contribution in [0.3, 0.4) is 0 Å². The van der Waals surface area contributed by atoms with Crippen LogP contribution in [-0.4, -0.2) is 43.9 Å². The first kappa shape index (κ1) is 22.2. The molecule has 0 saturated carbocycles. The second-order valence-corrected chi connectivity index (χ2v) is 10.3. The molecule has 0 atom stereocenters. The Bertz CT molecular complexity index is 1390. The number of ether oxygens (including phenoxy) is 2. The maximum absolute atomic E-state index is 12.9. The van der Waals surface area contributed by atoms with Crippen molar-refractivity contribution < 1.29 is 22.7 Å². The lowest BCUT2D eigenvalue weighted by Crippen LogP contribution is -2.35. The monoisotopic (exact) mass is 496 g/mol. The van der Waals surface area contributed by atoms with Crippen LogP contribution in [0.25, 0.3) is 0 Å². The number of carbonyl (C=O) groups is 1. The summed E-state index contributed by atoms with van der Waals surface area (Å²) < 4.78 is 38.7. The summed E-state index contributed by atoms with van der Waals surface area (Å²) in [4.78, 5) is 19.7. The van der Waals surface area contributed by atoms with Crippen molar-refractivity contribution in [3.8, 4) is 11.5 Å². The number of carbonyl (C=O) groups excluding carboxylic acids is 1. The van der Waals surface area contributed by atoms with E-state index in [0.717, 1.165) is 16.1 Å². The minimum Gasteiger partial charge on any atom is -0.493 e. The van der Waals surface area contributed by atoms with Gasteiger partial charge < -0.3 is 19.7 Å². The van der Waals surface area contributed by atoms with Gasteiger partial charge in [-0.25, -0.2) is 8.42 Å². The number of nitrogens with one attached hydrogen (secondary N) is 1. The maximum atomic E-state index is 12.9. The highest BCUT2D eigenvalue weighted by molar-refractivity contribution is 8.15. The summed E-state index contributed by atoms with van der Waals surface area (Å²) in [5.41, 5.74) is 2.75. The summed E-state index contributed by atoms with van der Waals surface area (Å²) >= 11 is 1.25. The number of pyridine rings is 1. The highest BCUT2D eigenvalue weighted by Gasteiger charge is 2.33. The van der Waals surface area contributed by atoms with Gasteiger partial charge in [0.05, 0.1) is 18.6 Å². The number of amides is 1. The van der Waals surface area contributed by atoms with Crippen LogP contribution in [0.5, 0.6) is 11.5 Å². The van der Waals surface area contributed by atoms with E-state index in [-0.39, 0.29) is 11.7 Å². The molecule has 1 aromatic heterocycles. The fourth-order valence-corrected chi connectivity index (χ4v) is 5.88. The number of sulfonamides is 1. The van der Waals surface area contributed by atoms with Crippen LogP contribution in [-0.2, 0) is 16.6 Å². The van der Waals surface area contributed by atoms with Gasteiger partial charge >= 0.3 is 0 Å². The molecule has 9 nitrogen and oxygen atoms in total. The number of rotatable bonds is 6. The Balaban J connectivity index is 1.32. The summed E-state index contributed by atoms with van der Waals surface area (Å²) in [5, 5.41) is 3.30. The molecule has 0 aliphatic carbocycles. The second-order valence-electron chi connectivity index (χ2n) is 7.57. The maximum Gasteiger partial charge on any atom is 0.257 e. The number of hydrogen-bond donors (Lipinski definition) is 1. The lowest BCUT2D eigenvalue weighted by atomic mass is 10.1. The molecule has 0 fully saturated rings. The zero-order valence-corrected chi connectivity index (χ0v) is 19.7. The molecule has 0 spiro atoms. The Morgan fingerprint density at radius 2 is 2.06 bits per heavy atom. The molecule has 3 heterocycles. The lowest BCUT2D eigenvalue weighted by Gasteiger charge is -2.22. The fraction of sp³-hybridized carbons (Fsp3) is 0.174. The third-order valence-corrected chi connectivity index (χ3v) is 7.58. The summed E-state index contributed by atoms with van der Waals surface area (Å²) in [5.74, 6) is 0.709. The third-order valence-electron chi connectivity index (χ3n) is 5.27. The molecule has 0 saturated heterocycles. The number of anilines is 2. The quantitative estimate of drug-likeness (QED) is 0.552. The van der Waals surface area contributed by atoms with Crippen molar-refractivity contribution in [3.63, 3.8) is 0 Å². The molecule has 1 N–H and O–H groups in total. The zero-order valence-electron chi connectivity index (χ0n) is 18.1. The Kier molecular flexibility index (Phi) is 5.88. The van der Waals surface area contributed by atoms with Crippen molar-refractivity contribution in [1.82, 2.24) is 4.98 Å². The van der Waals surface area contributed by atoms with E-state index in [9.17, 15) is 13.2 Å². The molecule has 3 aromatic rings. The first-order valence-electron chi connectivity index (χ1n) is 10.3. The number of thioether (sulfide) groups is 1. The first-order valence-corrected chi connectivity index (χ1v) is 12.8. The normalized spacial score (nSPS) is 15.7. The van der Waals surface area contributed by atoms with Crippen molar-refractivity contribution in [1.29, 1.82) is 0 Å². The number of aromatic nitrogens is 1. The molecule has 2 aliphatic heterocycles. The van der Waals surface area contributed by atoms with Crippen molar-refractivity contribution in [3.05, 3.63) is 72.1 Å². The van der Waals surface area contributed by atoms with Crippen LogP contribution in [0.15, 0.2) is 70.2 Å². The Labute approximate surface area is 200 Å². The number of fused-ring (bicyclic) bond motifs is 3. The highest BCUT2D eigenvalue weighted by Crippen LogP contribution is 2.42. The third kappa shape index (κ3) is 4.57. The number of benzene rings is 2. The highest BCUT2D eigenvalue weighted by atomic mass is 32.2. The molecule has 174 valence electrons. The van der Waals surface area contributed by atoms with Gasteiger partial charge in [0.1, 0.15) is 6.61 Å². The van der Waals surface area contributed by atoms with Crippen LogP contribution in [0, 0.1) is 0 Å². The van der Waals surface area contributed by atoms with Crippen LogP contribution < -0.4 is 19.7 Å². The second kappa shape index (κ2) is 8.99. The molecule has 2 aliphatic rings. The fourth-order valence-electron chi connectivity index (χ4n) is 3.59. The van der Waals surface area contributed by atoms with Crippen LogP contribution in [0.1, 0.15) is 15.9 Å². The van der Waals surface area contributed by atoms with Crippen LogP contribution in [0.4, 0.5) is 11.4 Å². The van der Waals surface area contributed by atoms with Gasteiger partial charge in [-0.3, -0.25) is 9.78 Å². The van der Waals surface area contributed by atoms with Crippen molar-refractivity contribution in [2.45, 2.75) is 11.5 Å². The standard InChI is InChI=1S/C23H20N4O5S2/c1-31-19-7-5-17(12-20(19)32-14-15-3-2-8-24-13-15)25-22(28)16-4-6-18-21(11-16)33-23-26-34(29,30)10-9-27(18)23/h2-8,11-13H,9-10,14H2,1H3,(H,25,28). The zero-order chi connectivity index (χ0) is 23.7. The Hall–Kier alpha value is -3.57. The van der Waals surface area contributed by atoms with Gasteiger partial charge in [-0.05, 0) is 48.2 Å². The molecular weight excluding hydrogens is 476 g/mol. The average molecular weight is 497 g/mol. The lowest BCUT2D eigenvalue weighted by molar-refractivity contribution is 0.102. The molecule has 0 bridgehead atoms. The van der Waals surface area contributed by atoms with Gasteiger partial charge in [0.15, 0.2) is 16.7 Å². The topological polar surface area (TPSA) is 110 Å². The first-order chi connectivity index (χ1) is 16.4. The van der Waals surface area contributed by atoms with Crippen LogP contribution in [0.2, 0.25) is 0 Å². The van der Waals surface area contributed by atoms with Gasteiger partial charge in [-0.15, -0.1) is 4.40 Å². The van der Waals surface area contributed by atoms with E-state index in [4.69, 9.17) is 9.47 Å². The largest absolute Gasteiger partial charge is 0.493 e. The van der Waals surface area contributed by atoms with Gasteiger partial charge in [0.25, 0.3) is 15.9 Å². The molecule has 2 aromatic carbocycles. The van der Waals surface area contributed by atoms with Crippen LogP contribution >= 0.6 is 11.8 Å². The molecule has 1 amide bonds. The van der Waals surface area contributed by atoms with E-state index in [0.29, 0.717) is 41.1 Å². The molecule has 0 unspecified atom stereocenters. The van der Waals surface area contributed by atoms with E-state index in [2.05, 4.69) is 14.7 Å². The number of nitrogens with zero attached hydrogens (tertiary/aromatic N) is 3. The van der Waals surface area contributed by atoms with E-state index >= 15 is 0 Å². The minimum absolute atomic E-state index is 0.0264. The van der Waals surface area contributed by atoms with Gasteiger partial charge in [-0.1, -0.05) is 6.07 Å². The minimum atomic E-state index is -3.43. The van der Waals surface area contributed by atoms with Gasteiger partial charge in [-0.2, -0.15) is 0 Å². The Morgan fingerprint density at radius 1 is 1.18 bits per heavy atom. The smallest absolute Gasteiger partial charge is 0.257 e. The summed E-state index contributed by atoms with van der Waals surface area (Å²) in [6.45, 7) is 0.653. The molecular formula is C23H20N4O5S2.